The molecule has 6 heterocycles. The van der Waals surface area contributed by atoms with Gasteiger partial charge in [0.2, 0.25) is 11.7 Å². The fraction of sp³-hybridized carbons (Fsp3) is 0.394. The van der Waals surface area contributed by atoms with Gasteiger partial charge in [-0.25, -0.2) is 14.4 Å². The van der Waals surface area contributed by atoms with Gasteiger partial charge in [-0.15, -0.1) is 0 Å². The largest absolute Gasteiger partial charge is 0.432 e. The first-order valence-electron chi connectivity index (χ1n) is 15.7. The number of piperidine rings is 2. The standard InChI is InChI=1S/C33H33F4N7O3/c1-2-18-13-20(3-4-23(18)32(46)42-10-7-19(8-11-42)31(45)43-16-21-14-22(17-43)40-21)41-29-30-39-15-25(44(30)12-9-38-29)24-5-6-26(47-33(36)37)28(35)27(24)34/h3-6,9,12-13,15,19,21-22,33,40H,2,7-8,10-11,14,16-17H2,1H3,(H,38,41)/t21-,22+. The van der Waals surface area contributed by atoms with Gasteiger partial charge >= 0.3 is 6.61 Å². The van der Waals surface area contributed by atoms with Crippen molar-refractivity contribution in [1.29, 1.82) is 0 Å². The first kappa shape index (κ1) is 30.9. The molecule has 8 rings (SSSR count). The summed E-state index contributed by atoms with van der Waals surface area (Å²) in [5.74, 6) is -3.37. The normalized spacial score (nSPS) is 19.6. The third-order valence-electron chi connectivity index (χ3n) is 9.31. The summed E-state index contributed by atoms with van der Waals surface area (Å²) >= 11 is 0. The molecule has 2 N–H and O–H groups in total. The molecule has 2 amide bonds. The Labute approximate surface area is 267 Å². The molecule has 4 aliphatic rings. The van der Waals surface area contributed by atoms with Crippen molar-refractivity contribution in [2.75, 3.05) is 31.5 Å². The van der Waals surface area contributed by atoms with Crippen molar-refractivity contribution in [1.82, 2.24) is 29.5 Å². The van der Waals surface area contributed by atoms with Gasteiger partial charge in [0, 0.05) is 73.4 Å². The second-order valence-electron chi connectivity index (χ2n) is 12.2. The van der Waals surface area contributed by atoms with E-state index in [1.54, 1.807) is 12.1 Å². The number of piperazine rings is 1. The number of ether oxygens (including phenoxy) is 1. The number of anilines is 2. The third kappa shape index (κ3) is 5.86. The minimum Gasteiger partial charge on any atom is -0.432 e. The molecule has 4 aromatic rings. The molecule has 2 bridgehead atoms. The number of nitrogens with zero attached hydrogens (tertiary/aromatic N) is 5. The predicted molar refractivity (Wildman–Crippen MR) is 165 cm³/mol. The summed E-state index contributed by atoms with van der Waals surface area (Å²) in [5, 5.41) is 6.66. The summed E-state index contributed by atoms with van der Waals surface area (Å²) in [6.45, 7) is 1.26. The Morgan fingerprint density at radius 1 is 1.04 bits per heavy atom. The Kier molecular flexibility index (Phi) is 8.20. The van der Waals surface area contributed by atoms with Gasteiger partial charge in [0.15, 0.2) is 23.0 Å². The molecule has 10 nitrogen and oxygen atoms in total. The quantitative estimate of drug-likeness (QED) is 0.259. The summed E-state index contributed by atoms with van der Waals surface area (Å²) < 4.78 is 60.0. The van der Waals surface area contributed by atoms with Crippen molar-refractivity contribution in [3.8, 4) is 17.0 Å². The Balaban J connectivity index is 1.05. The number of carbonyl (C=O) groups is 2. The van der Waals surface area contributed by atoms with Crippen LogP contribution >= 0.6 is 0 Å². The summed E-state index contributed by atoms with van der Waals surface area (Å²) in [6, 6.07) is 8.32. The number of hydrogen-bond acceptors (Lipinski definition) is 7. The van der Waals surface area contributed by atoms with Crippen molar-refractivity contribution < 1.29 is 31.9 Å². The maximum atomic E-state index is 14.9. The van der Waals surface area contributed by atoms with Crippen LogP contribution in [0.4, 0.5) is 29.1 Å². The molecule has 0 spiro atoms. The minimum absolute atomic E-state index is 0.0541. The minimum atomic E-state index is -3.30. The molecule has 47 heavy (non-hydrogen) atoms. The molecule has 4 saturated heterocycles. The summed E-state index contributed by atoms with van der Waals surface area (Å²) in [4.78, 5) is 39.2. The summed E-state index contributed by atoms with van der Waals surface area (Å²) in [5.41, 5.74) is 2.36. The average molecular weight is 652 g/mol. The van der Waals surface area contributed by atoms with Crippen molar-refractivity contribution in [2.45, 2.75) is 51.3 Å². The number of amides is 2. The molecule has 2 atom stereocenters. The van der Waals surface area contributed by atoms with Crippen LogP contribution in [0.15, 0.2) is 48.9 Å². The second-order valence-corrected chi connectivity index (χ2v) is 12.2. The van der Waals surface area contributed by atoms with Crippen LogP contribution in [-0.2, 0) is 11.2 Å². The van der Waals surface area contributed by atoms with Gasteiger partial charge in [0.25, 0.3) is 5.91 Å². The predicted octanol–water partition coefficient (Wildman–Crippen LogP) is 5.01. The molecule has 2 aromatic carbocycles. The molecule has 4 fully saturated rings. The van der Waals surface area contributed by atoms with Crippen LogP contribution in [0.3, 0.4) is 0 Å². The van der Waals surface area contributed by atoms with Gasteiger partial charge in [-0.05, 0) is 61.6 Å². The highest BCUT2D eigenvalue weighted by Crippen LogP contribution is 2.33. The number of halogens is 4. The number of carbonyl (C=O) groups excluding carboxylic acids is 2. The van der Waals surface area contributed by atoms with E-state index in [9.17, 15) is 27.2 Å². The Morgan fingerprint density at radius 3 is 2.49 bits per heavy atom. The summed E-state index contributed by atoms with van der Waals surface area (Å²) in [7, 11) is 0. The number of fused-ring (bicyclic) bond motifs is 3. The molecular formula is C33H33F4N7O3. The fourth-order valence-corrected chi connectivity index (χ4v) is 6.88. The number of benzene rings is 2. The van der Waals surface area contributed by atoms with E-state index in [0.717, 1.165) is 37.2 Å². The lowest BCUT2D eigenvalue weighted by atomic mass is 9.88. The van der Waals surface area contributed by atoms with Gasteiger partial charge in [-0.3, -0.25) is 14.0 Å². The van der Waals surface area contributed by atoms with Gasteiger partial charge in [0.05, 0.1) is 11.9 Å². The lowest BCUT2D eigenvalue weighted by Crippen LogP contribution is -2.68. The van der Waals surface area contributed by atoms with Crippen molar-refractivity contribution in [3.63, 3.8) is 0 Å². The van der Waals surface area contributed by atoms with Crippen LogP contribution in [0.5, 0.6) is 5.75 Å². The van der Waals surface area contributed by atoms with Crippen LogP contribution in [0.1, 0.15) is 42.1 Å². The number of likely N-dealkylation sites (tertiary alicyclic amines) is 1. The molecule has 0 saturated carbocycles. The van der Waals surface area contributed by atoms with E-state index in [1.807, 2.05) is 22.8 Å². The van der Waals surface area contributed by atoms with Crippen LogP contribution in [0.2, 0.25) is 0 Å². The van der Waals surface area contributed by atoms with Gasteiger partial charge in [-0.2, -0.15) is 13.2 Å². The molecule has 0 unspecified atom stereocenters. The zero-order valence-corrected chi connectivity index (χ0v) is 25.6. The van der Waals surface area contributed by atoms with E-state index in [1.165, 1.54) is 23.0 Å². The molecule has 0 radical (unpaired) electrons. The van der Waals surface area contributed by atoms with E-state index in [-0.39, 0.29) is 29.0 Å². The fourth-order valence-electron chi connectivity index (χ4n) is 6.88. The number of hydrogen-bond donors (Lipinski definition) is 2. The number of aromatic nitrogens is 3. The number of nitrogens with one attached hydrogen (secondary N) is 2. The first-order valence-corrected chi connectivity index (χ1v) is 15.7. The van der Waals surface area contributed by atoms with Crippen LogP contribution in [0.25, 0.3) is 16.9 Å². The smallest absolute Gasteiger partial charge is 0.387 e. The second kappa shape index (κ2) is 12.5. The van der Waals surface area contributed by atoms with E-state index >= 15 is 0 Å². The van der Waals surface area contributed by atoms with Crippen LogP contribution in [0, 0.1) is 17.6 Å². The average Bonchev–Trinajstić information content (AvgIpc) is 3.51. The zero-order chi connectivity index (χ0) is 32.8. The van der Waals surface area contributed by atoms with E-state index < -0.39 is 24.0 Å². The number of aryl methyl sites for hydroxylation is 1. The van der Waals surface area contributed by atoms with Crippen molar-refractivity contribution in [2.24, 2.45) is 5.92 Å². The third-order valence-corrected chi connectivity index (χ3v) is 9.31. The van der Waals surface area contributed by atoms with Crippen molar-refractivity contribution in [3.05, 3.63) is 71.7 Å². The molecule has 14 heteroatoms. The highest BCUT2D eigenvalue weighted by molar-refractivity contribution is 5.96. The highest BCUT2D eigenvalue weighted by Gasteiger charge is 2.40. The lowest BCUT2D eigenvalue weighted by molar-refractivity contribution is -0.141. The van der Waals surface area contributed by atoms with E-state index in [4.69, 9.17) is 0 Å². The van der Waals surface area contributed by atoms with Gasteiger partial charge in [-0.1, -0.05) is 6.92 Å². The monoisotopic (exact) mass is 651 g/mol. The highest BCUT2D eigenvalue weighted by atomic mass is 19.3. The summed E-state index contributed by atoms with van der Waals surface area (Å²) in [6.07, 6.45) is 7.35. The molecule has 246 valence electrons. The van der Waals surface area contributed by atoms with Crippen LogP contribution < -0.4 is 15.4 Å². The SMILES string of the molecule is CCc1cc(Nc2nccn3c(-c4ccc(OC(F)F)c(F)c4F)cnc23)ccc1C(=O)N1CCC(C(=O)N2C[C@H]3C[C@@H](C2)N3)CC1. The van der Waals surface area contributed by atoms with Crippen molar-refractivity contribution >= 4 is 29.0 Å². The zero-order valence-electron chi connectivity index (χ0n) is 25.6. The number of alkyl halides is 2. The maximum Gasteiger partial charge on any atom is 0.387 e. The maximum absolute atomic E-state index is 14.9. The lowest BCUT2D eigenvalue weighted by Gasteiger charge is -2.49. The topological polar surface area (TPSA) is 104 Å². The van der Waals surface area contributed by atoms with E-state index in [0.29, 0.717) is 67.2 Å². The number of rotatable bonds is 8. The first-order chi connectivity index (χ1) is 22.7. The molecular weight excluding hydrogens is 618 g/mol. The van der Waals surface area contributed by atoms with Crippen LogP contribution in [-0.4, -0.2) is 80.9 Å². The molecule has 4 aliphatic heterocycles. The van der Waals surface area contributed by atoms with Gasteiger partial charge in [0.1, 0.15) is 0 Å². The number of imidazole rings is 1. The Hall–Kier alpha value is -4.72. The molecule has 2 aromatic heterocycles. The van der Waals surface area contributed by atoms with E-state index in [2.05, 4.69) is 25.3 Å². The van der Waals surface area contributed by atoms with Gasteiger partial charge < -0.3 is 25.2 Å². The Bertz CT molecular complexity index is 1830. The molecule has 0 aliphatic carbocycles. The Morgan fingerprint density at radius 2 is 1.79 bits per heavy atom.